The second-order valence-corrected chi connectivity index (χ2v) is 9.32. The van der Waals surface area contributed by atoms with Crippen LogP contribution in [0, 0.1) is 5.92 Å². The summed E-state index contributed by atoms with van der Waals surface area (Å²) in [5.41, 5.74) is 5.54. The van der Waals surface area contributed by atoms with Crippen LogP contribution in [-0.2, 0) is 19.3 Å². The molecule has 0 radical (unpaired) electrons. The molecule has 0 spiro atoms. The van der Waals surface area contributed by atoms with Crippen LogP contribution in [0.1, 0.15) is 53.5 Å². The van der Waals surface area contributed by atoms with Crippen LogP contribution in [0.15, 0.2) is 23.6 Å². The van der Waals surface area contributed by atoms with Gasteiger partial charge in [-0.05, 0) is 49.7 Å². The molecule has 2 aromatic heterocycles. The zero-order valence-electron chi connectivity index (χ0n) is 17.0. The number of aromatic nitrogens is 2. The summed E-state index contributed by atoms with van der Waals surface area (Å²) in [6.45, 7) is 5.15. The van der Waals surface area contributed by atoms with E-state index in [9.17, 15) is 4.79 Å². The molecule has 1 amide bonds. The van der Waals surface area contributed by atoms with Crippen molar-refractivity contribution in [2.75, 3.05) is 24.5 Å². The lowest BCUT2D eigenvalue weighted by Crippen LogP contribution is -2.26. The van der Waals surface area contributed by atoms with Crippen molar-refractivity contribution in [3.63, 3.8) is 0 Å². The highest BCUT2D eigenvalue weighted by molar-refractivity contribution is 7.13. The molecule has 1 saturated heterocycles. The highest BCUT2D eigenvalue weighted by Gasteiger charge is 2.22. The molecule has 2 aliphatic rings. The summed E-state index contributed by atoms with van der Waals surface area (Å²) in [6.07, 6.45) is 6.69. The summed E-state index contributed by atoms with van der Waals surface area (Å²) in [4.78, 5) is 23.5. The lowest BCUT2D eigenvalue weighted by Gasteiger charge is -2.17. The van der Waals surface area contributed by atoms with Gasteiger partial charge in [-0.1, -0.05) is 19.1 Å². The number of aromatic amines is 1. The number of rotatable bonds is 5. The van der Waals surface area contributed by atoms with Crippen molar-refractivity contribution in [1.29, 1.82) is 0 Å². The number of benzene rings is 1. The summed E-state index contributed by atoms with van der Waals surface area (Å²) >= 11 is 1.72. The van der Waals surface area contributed by atoms with Crippen molar-refractivity contribution in [3.8, 4) is 0 Å². The minimum Gasteiger partial charge on any atom is -0.358 e. The number of nitrogens with zero attached hydrogens (tertiary/aromatic N) is 2. The molecule has 1 aliphatic carbocycles. The van der Waals surface area contributed by atoms with Crippen LogP contribution < -0.4 is 10.2 Å². The number of carbonyl (C=O) groups is 1. The van der Waals surface area contributed by atoms with E-state index in [4.69, 9.17) is 4.98 Å². The molecule has 152 valence electrons. The quantitative estimate of drug-likeness (QED) is 0.661. The Hall–Kier alpha value is -2.34. The second kappa shape index (κ2) is 7.82. The van der Waals surface area contributed by atoms with Crippen LogP contribution in [0.25, 0.3) is 10.9 Å². The van der Waals surface area contributed by atoms with E-state index < -0.39 is 0 Å². The Bertz CT molecular complexity index is 1030. The second-order valence-electron chi connectivity index (χ2n) is 8.48. The standard InChI is InChI=1S/C23H28N4OS/c1-15-7-8-20-19(13-15)17-5-4-6-18(21(17)26-20)22(28)24-10-9-16-14-29-23(25-16)27-11-2-3-12-27/h4-6,14-15,26H,2-3,7-13H2,1H3,(H,24,28). The largest absolute Gasteiger partial charge is 0.358 e. The van der Waals surface area contributed by atoms with Gasteiger partial charge in [-0.15, -0.1) is 11.3 Å². The molecule has 1 aromatic carbocycles. The fourth-order valence-corrected chi connectivity index (χ4v) is 5.58. The van der Waals surface area contributed by atoms with E-state index >= 15 is 0 Å². The van der Waals surface area contributed by atoms with Crippen LogP contribution in [-0.4, -0.2) is 35.5 Å². The third-order valence-electron chi connectivity index (χ3n) is 6.30. The first-order valence-electron chi connectivity index (χ1n) is 10.8. The normalized spacial score (nSPS) is 18.9. The number of anilines is 1. The zero-order chi connectivity index (χ0) is 19.8. The molecule has 29 heavy (non-hydrogen) atoms. The van der Waals surface area contributed by atoms with E-state index in [0.29, 0.717) is 12.5 Å². The van der Waals surface area contributed by atoms with E-state index in [-0.39, 0.29) is 5.91 Å². The molecule has 5 rings (SSSR count). The van der Waals surface area contributed by atoms with E-state index in [1.807, 2.05) is 12.1 Å². The van der Waals surface area contributed by atoms with Gasteiger partial charge in [0.15, 0.2) is 5.13 Å². The molecule has 3 aromatic rings. The smallest absolute Gasteiger partial charge is 0.253 e. The van der Waals surface area contributed by atoms with Crippen molar-refractivity contribution in [2.45, 2.75) is 45.4 Å². The number of fused-ring (bicyclic) bond motifs is 3. The van der Waals surface area contributed by atoms with E-state index in [1.165, 1.54) is 35.9 Å². The monoisotopic (exact) mass is 408 g/mol. The van der Waals surface area contributed by atoms with E-state index in [2.05, 4.69) is 33.6 Å². The number of nitrogens with one attached hydrogen (secondary N) is 2. The van der Waals surface area contributed by atoms with Crippen LogP contribution >= 0.6 is 11.3 Å². The predicted octanol–water partition coefficient (Wildman–Crippen LogP) is 4.32. The van der Waals surface area contributed by atoms with Gasteiger partial charge < -0.3 is 15.2 Å². The highest BCUT2D eigenvalue weighted by atomic mass is 32.1. The third kappa shape index (κ3) is 3.66. The maximum atomic E-state index is 12.9. The molecule has 1 unspecified atom stereocenters. The number of thiazole rings is 1. The number of H-pyrrole nitrogens is 1. The van der Waals surface area contributed by atoms with Gasteiger partial charge in [-0.25, -0.2) is 4.98 Å². The molecular weight excluding hydrogens is 380 g/mol. The Balaban J connectivity index is 1.26. The van der Waals surface area contributed by atoms with Gasteiger partial charge in [0.25, 0.3) is 5.91 Å². The number of para-hydroxylation sites is 1. The molecule has 3 heterocycles. The van der Waals surface area contributed by atoms with Crippen molar-refractivity contribution < 1.29 is 4.79 Å². The van der Waals surface area contributed by atoms with Gasteiger partial charge in [-0.3, -0.25) is 4.79 Å². The molecule has 0 bridgehead atoms. The van der Waals surface area contributed by atoms with Crippen molar-refractivity contribution >= 4 is 33.3 Å². The Kier molecular flexibility index (Phi) is 5.04. The van der Waals surface area contributed by atoms with Crippen LogP contribution in [0.2, 0.25) is 0 Å². The Morgan fingerprint density at radius 2 is 2.21 bits per heavy atom. The summed E-state index contributed by atoms with van der Waals surface area (Å²) in [5.74, 6) is 0.708. The van der Waals surface area contributed by atoms with Gasteiger partial charge in [0, 0.05) is 42.5 Å². The van der Waals surface area contributed by atoms with Gasteiger partial charge >= 0.3 is 0 Å². The number of hydrogen-bond acceptors (Lipinski definition) is 4. The summed E-state index contributed by atoms with van der Waals surface area (Å²) in [6, 6.07) is 6.08. The SMILES string of the molecule is CC1CCc2[nH]c3c(C(=O)NCCc4csc(N5CCCC5)n4)cccc3c2C1. The van der Waals surface area contributed by atoms with Gasteiger partial charge in [0.05, 0.1) is 16.8 Å². The first-order chi connectivity index (χ1) is 14.2. The van der Waals surface area contributed by atoms with E-state index in [1.54, 1.807) is 11.3 Å². The first-order valence-corrected chi connectivity index (χ1v) is 11.7. The van der Waals surface area contributed by atoms with Gasteiger partial charge in [0.1, 0.15) is 0 Å². The van der Waals surface area contributed by atoms with Crippen molar-refractivity contribution in [3.05, 3.63) is 46.1 Å². The van der Waals surface area contributed by atoms with Crippen LogP contribution in [0.4, 0.5) is 5.13 Å². The minimum atomic E-state index is -0.00255. The molecule has 5 nitrogen and oxygen atoms in total. The van der Waals surface area contributed by atoms with Gasteiger partial charge in [-0.2, -0.15) is 0 Å². The number of aryl methyl sites for hydroxylation is 1. The Morgan fingerprint density at radius 3 is 3.07 bits per heavy atom. The fraction of sp³-hybridized carbons (Fsp3) is 0.478. The van der Waals surface area contributed by atoms with Crippen LogP contribution in [0.3, 0.4) is 0 Å². The Labute approximate surface area is 175 Å². The number of amides is 1. The topological polar surface area (TPSA) is 61.0 Å². The average molecular weight is 409 g/mol. The molecule has 1 atom stereocenters. The zero-order valence-corrected chi connectivity index (χ0v) is 17.8. The number of carbonyl (C=O) groups excluding carboxylic acids is 1. The maximum Gasteiger partial charge on any atom is 0.253 e. The van der Waals surface area contributed by atoms with Crippen molar-refractivity contribution in [1.82, 2.24) is 15.3 Å². The van der Waals surface area contributed by atoms with Gasteiger partial charge in [0.2, 0.25) is 0 Å². The maximum absolute atomic E-state index is 12.9. The molecule has 1 fully saturated rings. The predicted molar refractivity (Wildman–Crippen MR) is 119 cm³/mol. The summed E-state index contributed by atoms with van der Waals surface area (Å²) in [7, 11) is 0. The van der Waals surface area contributed by atoms with E-state index in [0.717, 1.165) is 54.3 Å². The van der Waals surface area contributed by atoms with Crippen molar-refractivity contribution in [2.24, 2.45) is 5.92 Å². The summed E-state index contributed by atoms with van der Waals surface area (Å²) < 4.78 is 0. The molecule has 2 N–H and O–H groups in total. The molecule has 6 heteroatoms. The Morgan fingerprint density at radius 1 is 1.34 bits per heavy atom. The average Bonchev–Trinajstić information content (AvgIpc) is 3.47. The minimum absolute atomic E-state index is 0.00255. The first kappa shape index (κ1) is 18.7. The molecular formula is C23H28N4OS. The fourth-order valence-electron chi connectivity index (χ4n) is 4.67. The number of hydrogen-bond donors (Lipinski definition) is 2. The van der Waals surface area contributed by atoms with Crippen LogP contribution in [0.5, 0.6) is 0 Å². The molecule has 0 saturated carbocycles. The lowest BCUT2D eigenvalue weighted by atomic mass is 9.87. The summed E-state index contributed by atoms with van der Waals surface area (Å²) in [5, 5.41) is 7.57. The highest BCUT2D eigenvalue weighted by Crippen LogP contribution is 2.33. The molecule has 1 aliphatic heterocycles. The third-order valence-corrected chi connectivity index (χ3v) is 7.25. The lowest BCUT2D eigenvalue weighted by molar-refractivity contribution is 0.0955.